The van der Waals surface area contributed by atoms with Gasteiger partial charge >= 0.3 is 0 Å². The van der Waals surface area contributed by atoms with Crippen molar-refractivity contribution in [3.63, 3.8) is 0 Å². The molecule has 0 saturated heterocycles. The lowest BCUT2D eigenvalue weighted by atomic mass is 10.3. The Morgan fingerprint density at radius 3 is 1.22 bits per heavy atom. The molecule has 2 unspecified atom stereocenters. The predicted octanol–water partition coefficient (Wildman–Crippen LogP) is 5.18. The highest BCUT2D eigenvalue weighted by molar-refractivity contribution is 7.87. The Morgan fingerprint density at radius 1 is 0.389 bits per heavy atom. The number of hydrogen-bond donors (Lipinski definition) is 0. The second kappa shape index (κ2) is 7.83. The lowest BCUT2D eigenvalue weighted by Crippen LogP contribution is -2.36. The van der Waals surface area contributed by atoms with E-state index in [1.807, 2.05) is 109 Å². The van der Waals surface area contributed by atoms with E-state index in [0.717, 1.165) is 0 Å². The molecule has 2 aliphatic heterocycles. The molecule has 0 amide bonds. The molecule has 0 spiro atoms. The fraction of sp³-hybridized carbons (Fsp3) is 0. The van der Waals surface area contributed by atoms with Gasteiger partial charge in [-0.25, -0.2) is 0 Å². The second-order valence-electron chi connectivity index (χ2n) is 8.82. The second-order valence-corrected chi connectivity index (χ2v) is 14.2. The van der Waals surface area contributed by atoms with Crippen LogP contribution in [0.2, 0.25) is 0 Å². The van der Waals surface area contributed by atoms with Crippen LogP contribution in [0.1, 0.15) is 0 Å². The molecule has 2 atom stereocenters. The Kier molecular flexibility index (Phi) is 4.66. The number of ether oxygens (including phenoxy) is 2. The van der Waals surface area contributed by atoms with Crippen molar-refractivity contribution in [1.29, 1.82) is 0 Å². The number of rotatable bonds is 2. The first-order chi connectivity index (χ1) is 17.6. The van der Waals surface area contributed by atoms with Gasteiger partial charge in [0, 0.05) is 16.7 Å². The molecule has 6 heteroatoms. The Morgan fingerprint density at radius 2 is 0.778 bits per heavy atom. The largest absolute Gasteiger partial charge is 0.456 e. The van der Waals surface area contributed by atoms with E-state index in [0.29, 0.717) is 54.8 Å². The molecule has 0 radical (unpaired) electrons. The Hall–Kier alpha value is -3.84. The average molecular weight is 506 g/mol. The first kappa shape index (κ1) is 21.4. The number of fused-ring (bicyclic) bond motifs is 4. The molecule has 5 aromatic rings. The van der Waals surface area contributed by atoms with Gasteiger partial charge in [0.2, 0.25) is 0 Å². The Labute approximate surface area is 208 Å². The molecule has 0 aromatic heterocycles. The van der Waals surface area contributed by atoms with Crippen LogP contribution in [0.5, 0.6) is 23.0 Å². The summed E-state index contributed by atoms with van der Waals surface area (Å²) >= 11 is 0. The monoisotopic (exact) mass is 506 g/mol. The van der Waals surface area contributed by atoms with Crippen LogP contribution >= 0.6 is 14.3 Å². The van der Waals surface area contributed by atoms with Gasteiger partial charge in [0.05, 0.1) is 21.2 Å². The minimum atomic E-state index is -3.33. The number of benzene rings is 5. The van der Waals surface area contributed by atoms with Crippen molar-refractivity contribution in [2.24, 2.45) is 0 Å². The van der Waals surface area contributed by atoms with E-state index in [4.69, 9.17) is 9.47 Å². The normalized spacial score (nSPS) is 21.1. The first-order valence-electron chi connectivity index (χ1n) is 11.7. The molecular weight excluding hydrogens is 486 g/mol. The third-order valence-electron chi connectivity index (χ3n) is 6.81. The summed E-state index contributed by atoms with van der Waals surface area (Å²) in [5.41, 5.74) is 0. The molecule has 0 fully saturated rings. The Bertz CT molecular complexity index is 1620. The highest BCUT2D eigenvalue weighted by Crippen LogP contribution is 2.56. The molecule has 0 aliphatic carbocycles. The maximum absolute atomic E-state index is 15.1. The Balaban J connectivity index is 1.56. The maximum atomic E-state index is 15.1. The van der Waals surface area contributed by atoms with Crippen molar-refractivity contribution in [1.82, 2.24) is 0 Å². The molecule has 5 aromatic carbocycles. The smallest absolute Gasteiger partial charge is 0.178 e. The molecule has 174 valence electrons. The third kappa shape index (κ3) is 2.89. The van der Waals surface area contributed by atoms with Gasteiger partial charge in [-0.3, -0.25) is 0 Å². The summed E-state index contributed by atoms with van der Waals surface area (Å²) in [7, 11) is -6.65. The summed E-state index contributed by atoms with van der Waals surface area (Å²) in [5, 5.41) is 3.74. The van der Waals surface area contributed by atoms with Gasteiger partial charge in [0.1, 0.15) is 23.0 Å². The van der Waals surface area contributed by atoms with Crippen molar-refractivity contribution in [2.75, 3.05) is 0 Å². The summed E-state index contributed by atoms with van der Waals surface area (Å²) in [6.07, 6.45) is 0. The summed E-state index contributed by atoms with van der Waals surface area (Å²) in [6, 6.07) is 37.3. The van der Waals surface area contributed by atoms with Gasteiger partial charge < -0.3 is 18.6 Å². The molecular formula is C30H20O4P2. The molecule has 2 aliphatic rings. The SMILES string of the molecule is O=P1(c2ccccc2)c2ccccc2Oc2cc3c(cc21)P(=O)(c1ccccc1)c1ccccc1O3. The number of para-hydroxylation sites is 2. The standard InChI is InChI=1S/C30H20O4P2/c31-35(21-11-3-1-4-12-21)27-17-9-7-15-23(27)33-25-19-26-30(20-29(25)35)36(32,22-13-5-2-6-14-22)28-18-10-8-16-24(28)34-26/h1-20H. The lowest BCUT2D eigenvalue weighted by Gasteiger charge is -2.33. The van der Waals surface area contributed by atoms with E-state index in [1.54, 1.807) is 12.1 Å². The van der Waals surface area contributed by atoms with E-state index in [2.05, 4.69) is 0 Å². The van der Waals surface area contributed by atoms with Crippen LogP contribution in [0.3, 0.4) is 0 Å². The van der Waals surface area contributed by atoms with Crippen LogP contribution in [0.15, 0.2) is 121 Å². The first-order valence-corrected chi connectivity index (χ1v) is 15.1. The summed E-state index contributed by atoms with van der Waals surface area (Å²) < 4.78 is 42.9. The molecule has 0 bridgehead atoms. The minimum Gasteiger partial charge on any atom is -0.456 e. The summed E-state index contributed by atoms with van der Waals surface area (Å²) in [4.78, 5) is 0. The van der Waals surface area contributed by atoms with Crippen LogP contribution in [0.25, 0.3) is 0 Å². The quantitative estimate of drug-likeness (QED) is 0.304. The zero-order valence-corrected chi connectivity index (χ0v) is 20.9. The maximum Gasteiger partial charge on any atom is 0.178 e. The predicted molar refractivity (Wildman–Crippen MR) is 145 cm³/mol. The average Bonchev–Trinajstić information content (AvgIpc) is 2.93. The van der Waals surface area contributed by atoms with E-state index >= 15 is 9.13 Å². The fourth-order valence-electron chi connectivity index (χ4n) is 5.13. The topological polar surface area (TPSA) is 52.6 Å². The lowest BCUT2D eigenvalue weighted by molar-refractivity contribution is 0.464. The van der Waals surface area contributed by atoms with Gasteiger partial charge in [0.25, 0.3) is 0 Å². The molecule has 2 heterocycles. The van der Waals surface area contributed by atoms with E-state index in [-0.39, 0.29) is 0 Å². The third-order valence-corrected chi connectivity index (χ3v) is 13.0. The van der Waals surface area contributed by atoms with E-state index in [1.165, 1.54) is 0 Å². The molecule has 0 N–H and O–H groups in total. The van der Waals surface area contributed by atoms with E-state index in [9.17, 15) is 0 Å². The zero-order chi connectivity index (χ0) is 24.3. The molecule has 36 heavy (non-hydrogen) atoms. The summed E-state index contributed by atoms with van der Waals surface area (Å²) in [6.45, 7) is 0. The minimum absolute atomic E-state index is 0.457. The molecule has 7 rings (SSSR count). The van der Waals surface area contributed by atoms with Gasteiger partial charge in [-0.05, 0) is 30.3 Å². The van der Waals surface area contributed by atoms with Crippen LogP contribution in [-0.2, 0) is 9.13 Å². The van der Waals surface area contributed by atoms with Gasteiger partial charge in [-0.1, -0.05) is 84.9 Å². The van der Waals surface area contributed by atoms with Crippen molar-refractivity contribution in [2.45, 2.75) is 0 Å². The van der Waals surface area contributed by atoms with Crippen LogP contribution in [0, 0.1) is 0 Å². The van der Waals surface area contributed by atoms with Crippen molar-refractivity contribution >= 4 is 46.1 Å². The van der Waals surface area contributed by atoms with Crippen molar-refractivity contribution < 1.29 is 18.6 Å². The zero-order valence-electron chi connectivity index (χ0n) is 19.1. The molecule has 0 saturated carbocycles. The number of hydrogen-bond acceptors (Lipinski definition) is 4. The molecule has 4 nitrogen and oxygen atoms in total. The van der Waals surface area contributed by atoms with Crippen LogP contribution < -0.4 is 41.3 Å². The van der Waals surface area contributed by atoms with Crippen molar-refractivity contribution in [3.05, 3.63) is 121 Å². The van der Waals surface area contributed by atoms with Gasteiger partial charge in [0.15, 0.2) is 14.3 Å². The fourth-order valence-corrected chi connectivity index (χ4v) is 11.0. The highest BCUT2D eigenvalue weighted by atomic mass is 31.2. The van der Waals surface area contributed by atoms with Crippen LogP contribution in [-0.4, -0.2) is 0 Å². The van der Waals surface area contributed by atoms with Gasteiger partial charge in [-0.2, -0.15) is 0 Å². The van der Waals surface area contributed by atoms with E-state index < -0.39 is 14.3 Å². The van der Waals surface area contributed by atoms with Crippen LogP contribution in [0.4, 0.5) is 0 Å². The highest BCUT2D eigenvalue weighted by Gasteiger charge is 2.44. The van der Waals surface area contributed by atoms with Gasteiger partial charge in [-0.15, -0.1) is 0 Å². The van der Waals surface area contributed by atoms with Crippen molar-refractivity contribution in [3.8, 4) is 23.0 Å². The summed E-state index contributed by atoms with van der Waals surface area (Å²) in [5.74, 6) is 2.02.